The van der Waals surface area contributed by atoms with Crippen LogP contribution in [0.3, 0.4) is 0 Å². The Balaban J connectivity index is 1.96. The molecular formula is C16H29N3S. The number of aryl methyl sites for hydroxylation is 1. The third-order valence-electron chi connectivity index (χ3n) is 4.07. The van der Waals surface area contributed by atoms with E-state index in [4.69, 9.17) is 0 Å². The van der Waals surface area contributed by atoms with E-state index in [0.717, 1.165) is 25.7 Å². The van der Waals surface area contributed by atoms with E-state index < -0.39 is 0 Å². The molecule has 20 heavy (non-hydrogen) atoms. The Morgan fingerprint density at radius 3 is 2.95 bits per heavy atom. The molecule has 0 radical (unpaired) electrons. The predicted molar refractivity (Wildman–Crippen MR) is 88.4 cm³/mol. The Bertz CT molecular complexity index is 414. The first-order chi connectivity index (χ1) is 9.60. The minimum absolute atomic E-state index is 0.738. The fourth-order valence-electron chi connectivity index (χ4n) is 3.03. The van der Waals surface area contributed by atoms with E-state index in [1.165, 1.54) is 41.2 Å². The minimum atomic E-state index is 0.738. The standard InChI is InChI=1S/C16H29N3S/c1-5-17-10-16-9-14(13(2)20-16)11-19-8-6-7-15(19)12-18(3)4/h9,15,17H,5-8,10-12H2,1-4H3. The third-order valence-corrected chi connectivity index (χ3v) is 5.16. The smallest absolute Gasteiger partial charge is 0.0299 e. The van der Waals surface area contributed by atoms with Gasteiger partial charge in [-0.05, 0) is 58.6 Å². The van der Waals surface area contributed by atoms with Crippen LogP contribution in [-0.2, 0) is 13.1 Å². The van der Waals surface area contributed by atoms with Crippen LogP contribution in [0.4, 0.5) is 0 Å². The first-order valence-corrected chi connectivity index (χ1v) is 8.59. The number of hydrogen-bond donors (Lipinski definition) is 1. The number of nitrogens with one attached hydrogen (secondary N) is 1. The van der Waals surface area contributed by atoms with Gasteiger partial charge in [0.2, 0.25) is 0 Å². The molecule has 0 bridgehead atoms. The van der Waals surface area contributed by atoms with Crippen molar-refractivity contribution in [2.75, 3.05) is 33.7 Å². The Morgan fingerprint density at radius 2 is 2.25 bits per heavy atom. The zero-order chi connectivity index (χ0) is 14.5. The largest absolute Gasteiger partial charge is 0.312 e. The summed E-state index contributed by atoms with van der Waals surface area (Å²) in [5.41, 5.74) is 1.54. The second-order valence-corrected chi connectivity index (χ2v) is 7.44. The van der Waals surface area contributed by atoms with Gasteiger partial charge in [-0.25, -0.2) is 0 Å². The summed E-state index contributed by atoms with van der Waals surface area (Å²) in [7, 11) is 4.36. The first kappa shape index (κ1) is 16.0. The fraction of sp³-hybridized carbons (Fsp3) is 0.750. The van der Waals surface area contributed by atoms with Gasteiger partial charge in [0, 0.05) is 35.4 Å². The molecule has 2 heterocycles. The molecule has 1 N–H and O–H groups in total. The van der Waals surface area contributed by atoms with Gasteiger partial charge in [0.05, 0.1) is 0 Å². The van der Waals surface area contributed by atoms with Crippen LogP contribution in [0.25, 0.3) is 0 Å². The molecule has 4 heteroatoms. The van der Waals surface area contributed by atoms with E-state index in [1.54, 1.807) is 0 Å². The normalized spacial score (nSPS) is 20.1. The average molecular weight is 295 g/mol. The van der Waals surface area contributed by atoms with Crippen LogP contribution in [0.5, 0.6) is 0 Å². The highest BCUT2D eigenvalue weighted by atomic mass is 32.1. The maximum Gasteiger partial charge on any atom is 0.0299 e. The molecule has 1 saturated heterocycles. The molecule has 1 aromatic rings. The number of likely N-dealkylation sites (tertiary alicyclic amines) is 1. The van der Waals surface area contributed by atoms with Gasteiger partial charge < -0.3 is 10.2 Å². The number of likely N-dealkylation sites (N-methyl/N-ethyl adjacent to an activating group) is 1. The van der Waals surface area contributed by atoms with Gasteiger partial charge in [0.25, 0.3) is 0 Å². The second kappa shape index (κ2) is 7.55. The molecule has 1 aromatic heterocycles. The lowest BCUT2D eigenvalue weighted by Crippen LogP contribution is -2.37. The van der Waals surface area contributed by atoms with Gasteiger partial charge in [-0.2, -0.15) is 0 Å². The molecule has 2 rings (SSSR count). The quantitative estimate of drug-likeness (QED) is 0.834. The van der Waals surface area contributed by atoms with Crippen molar-refractivity contribution in [2.45, 2.75) is 45.8 Å². The van der Waals surface area contributed by atoms with Crippen molar-refractivity contribution in [1.29, 1.82) is 0 Å². The molecule has 1 aliphatic rings. The van der Waals surface area contributed by atoms with Gasteiger partial charge in [-0.3, -0.25) is 4.90 Å². The Hall–Kier alpha value is -0.420. The predicted octanol–water partition coefficient (Wildman–Crippen LogP) is 2.69. The van der Waals surface area contributed by atoms with Crippen molar-refractivity contribution >= 4 is 11.3 Å². The molecule has 1 fully saturated rings. The Labute approximate surface area is 128 Å². The maximum absolute atomic E-state index is 3.42. The Kier molecular flexibility index (Phi) is 6.02. The topological polar surface area (TPSA) is 18.5 Å². The molecule has 0 spiro atoms. The zero-order valence-electron chi connectivity index (χ0n) is 13.4. The molecule has 1 atom stereocenters. The average Bonchev–Trinajstić information content (AvgIpc) is 2.95. The number of rotatable bonds is 7. The van der Waals surface area contributed by atoms with Crippen LogP contribution < -0.4 is 5.32 Å². The maximum atomic E-state index is 3.42. The highest BCUT2D eigenvalue weighted by Crippen LogP contribution is 2.26. The van der Waals surface area contributed by atoms with Crippen LogP contribution in [0.1, 0.15) is 35.1 Å². The molecule has 1 unspecified atom stereocenters. The highest BCUT2D eigenvalue weighted by Gasteiger charge is 2.25. The zero-order valence-corrected chi connectivity index (χ0v) is 14.2. The summed E-state index contributed by atoms with van der Waals surface area (Å²) in [6.45, 7) is 10.1. The molecule has 3 nitrogen and oxygen atoms in total. The summed E-state index contributed by atoms with van der Waals surface area (Å²) in [6, 6.07) is 3.15. The molecule has 0 aromatic carbocycles. The van der Waals surface area contributed by atoms with Gasteiger partial charge in [-0.15, -0.1) is 11.3 Å². The van der Waals surface area contributed by atoms with Crippen LogP contribution >= 0.6 is 11.3 Å². The van der Waals surface area contributed by atoms with Crippen LogP contribution in [-0.4, -0.2) is 49.6 Å². The third kappa shape index (κ3) is 4.29. The van der Waals surface area contributed by atoms with Gasteiger partial charge in [0.15, 0.2) is 0 Å². The molecule has 0 saturated carbocycles. The first-order valence-electron chi connectivity index (χ1n) is 7.77. The fourth-order valence-corrected chi connectivity index (χ4v) is 4.05. The van der Waals surface area contributed by atoms with Crippen molar-refractivity contribution in [3.8, 4) is 0 Å². The summed E-state index contributed by atoms with van der Waals surface area (Å²) in [5.74, 6) is 0. The molecular weight excluding hydrogens is 266 g/mol. The van der Waals surface area contributed by atoms with Crippen LogP contribution in [0.2, 0.25) is 0 Å². The lowest BCUT2D eigenvalue weighted by Gasteiger charge is -2.27. The SMILES string of the molecule is CCNCc1cc(CN2CCCC2CN(C)C)c(C)s1. The Morgan fingerprint density at radius 1 is 1.45 bits per heavy atom. The second-order valence-electron chi connectivity index (χ2n) is 6.10. The van der Waals surface area contributed by atoms with Gasteiger partial charge in [0.1, 0.15) is 0 Å². The van der Waals surface area contributed by atoms with E-state index in [0.29, 0.717) is 0 Å². The van der Waals surface area contributed by atoms with Gasteiger partial charge >= 0.3 is 0 Å². The van der Waals surface area contributed by atoms with Crippen molar-refractivity contribution in [3.63, 3.8) is 0 Å². The molecule has 1 aliphatic heterocycles. The number of hydrogen-bond acceptors (Lipinski definition) is 4. The van der Waals surface area contributed by atoms with E-state index in [9.17, 15) is 0 Å². The minimum Gasteiger partial charge on any atom is -0.312 e. The van der Waals surface area contributed by atoms with E-state index in [-0.39, 0.29) is 0 Å². The lowest BCUT2D eigenvalue weighted by molar-refractivity contribution is 0.201. The van der Waals surface area contributed by atoms with Crippen molar-refractivity contribution in [3.05, 3.63) is 21.4 Å². The van der Waals surface area contributed by atoms with E-state index in [2.05, 4.69) is 49.1 Å². The number of nitrogens with zero attached hydrogens (tertiary/aromatic N) is 2. The van der Waals surface area contributed by atoms with E-state index >= 15 is 0 Å². The monoisotopic (exact) mass is 295 g/mol. The number of thiophene rings is 1. The van der Waals surface area contributed by atoms with E-state index in [1.807, 2.05) is 11.3 Å². The van der Waals surface area contributed by atoms with Crippen molar-refractivity contribution in [1.82, 2.24) is 15.1 Å². The molecule has 114 valence electrons. The van der Waals surface area contributed by atoms with Crippen LogP contribution in [0, 0.1) is 6.92 Å². The lowest BCUT2D eigenvalue weighted by atomic mass is 10.2. The van der Waals surface area contributed by atoms with Crippen molar-refractivity contribution < 1.29 is 0 Å². The highest BCUT2D eigenvalue weighted by molar-refractivity contribution is 7.12. The summed E-state index contributed by atoms with van der Waals surface area (Å²) >= 11 is 1.95. The van der Waals surface area contributed by atoms with Gasteiger partial charge in [-0.1, -0.05) is 6.92 Å². The summed E-state index contributed by atoms with van der Waals surface area (Å²) < 4.78 is 0. The summed E-state index contributed by atoms with van der Waals surface area (Å²) in [5, 5.41) is 3.42. The molecule has 0 amide bonds. The summed E-state index contributed by atoms with van der Waals surface area (Å²) in [4.78, 5) is 7.96. The van der Waals surface area contributed by atoms with Crippen molar-refractivity contribution in [2.24, 2.45) is 0 Å². The summed E-state index contributed by atoms with van der Waals surface area (Å²) in [6.07, 6.45) is 2.71. The molecule has 0 aliphatic carbocycles. The van der Waals surface area contributed by atoms with Crippen LogP contribution in [0.15, 0.2) is 6.07 Å².